The Morgan fingerprint density at radius 1 is 1.11 bits per heavy atom. The zero-order chi connectivity index (χ0) is 24.7. The number of Topliss-reactive ketones (excluding diaryl/α,β-unsaturated/α-hetero) is 1. The third-order valence-corrected chi connectivity index (χ3v) is 6.55. The van der Waals surface area contributed by atoms with E-state index in [1.807, 2.05) is 0 Å². The zero-order valence-electron chi connectivity index (χ0n) is 18.3. The Labute approximate surface area is 204 Å². The SMILES string of the molecule is N#CC1=C(n2cccc2)N(c2cc(C(F)(F)F)ccc2Cl)C2=C(C(=O)CCC2)C1c1cccnc1. The maximum absolute atomic E-state index is 13.7. The van der Waals surface area contributed by atoms with E-state index in [1.165, 1.54) is 6.07 Å². The van der Waals surface area contributed by atoms with Crippen LogP contribution in [-0.2, 0) is 11.0 Å². The molecule has 3 heterocycles. The largest absolute Gasteiger partial charge is 0.416 e. The maximum atomic E-state index is 13.7. The highest BCUT2D eigenvalue weighted by molar-refractivity contribution is 6.33. The zero-order valence-corrected chi connectivity index (χ0v) is 19.0. The van der Waals surface area contributed by atoms with Crippen LogP contribution < -0.4 is 4.90 Å². The number of hydrogen-bond acceptors (Lipinski definition) is 4. The van der Waals surface area contributed by atoms with Gasteiger partial charge in [-0.15, -0.1) is 0 Å². The predicted octanol–water partition coefficient (Wildman–Crippen LogP) is 6.56. The summed E-state index contributed by atoms with van der Waals surface area (Å²) < 4.78 is 42.6. The van der Waals surface area contributed by atoms with Crippen molar-refractivity contribution >= 4 is 28.9 Å². The fourth-order valence-corrected chi connectivity index (χ4v) is 4.98. The molecule has 2 aliphatic rings. The maximum Gasteiger partial charge on any atom is 0.416 e. The number of nitrogens with zero attached hydrogens (tertiary/aromatic N) is 4. The van der Waals surface area contributed by atoms with E-state index in [0.717, 1.165) is 12.1 Å². The fraction of sp³-hybridized carbons (Fsp3) is 0.192. The van der Waals surface area contributed by atoms with Crippen molar-refractivity contribution in [2.45, 2.75) is 31.4 Å². The quantitative estimate of drug-likeness (QED) is 0.414. The number of allylic oxidation sites excluding steroid dienone is 3. The Bertz CT molecular complexity index is 1400. The third kappa shape index (κ3) is 3.92. The first-order chi connectivity index (χ1) is 16.8. The van der Waals surface area contributed by atoms with Crippen LogP contribution >= 0.6 is 11.6 Å². The number of rotatable bonds is 3. The van der Waals surface area contributed by atoms with Gasteiger partial charge in [0.15, 0.2) is 5.78 Å². The van der Waals surface area contributed by atoms with Crippen molar-refractivity contribution in [1.29, 1.82) is 5.26 Å². The topological polar surface area (TPSA) is 61.9 Å². The van der Waals surface area contributed by atoms with E-state index in [9.17, 15) is 23.2 Å². The number of aromatic nitrogens is 2. The number of pyridine rings is 1. The van der Waals surface area contributed by atoms with E-state index >= 15 is 0 Å². The first-order valence-corrected chi connectivity index (χ1v) is 11.3. The summed E-state index contributed by atoms with van der Waals surface area (Å²) in [5.41, 5.74) is 0.998. The van der Waals surface area contributed by atoms with Crippen molar-refractivity contribution in [3.63, 3.8) is 0 Å². The summed E-state index contributed by atoms with van der Waals surface area (Å²) in [6.45, 7) is 0. The van der Waals surface area contributed by atoms with E-state index in [1.54, 1.807) is 58.5 Å². The van der Waals surface area contributed by atoms with Gasteiger partial charge in [0.2, 0.25) is 0 Å². The van der Waals surface area contributed by atoms with Gasteiger partial charge in [-0.3, -0.25) is 14.7 Å². The molecule has 0 saturated carbocycles. The normalized spacial score (nSPS) is 18.5. The van der Waals surface area contributed by atoms with E-state index in [4.69, 9.17) is 11.6 Å². The van der Waals surface area contributed by atoms with Gasteiger partial charge in [0.1, 0.15) is 5.82 Å². The van der Waals surface area contributed by atoms with Crippen LogP contribution in [-0.4, -0.2) is 15.3 Å². The van der Waals surface area contributed by atoms with Gasteiger partial charge in [-0.1, -0.05) is 17.7 Å². The summed E-state index contributed by atoms with van der Waals surface area (Å²) >= 11 is 6.48. The number of nitriles is 1. The van der Waals surface area contributed by atoms with Crippen molar-refractivity contribution in [3.8, 4) is 6.07 Å². The number of ketones is 1. The molecule has 0 amide bonds. The minimum atomic E-state index is -4.59. The van der Waals surface area contributed by atoms with E-state index in [2.05, 4.69) is 11.1 Å². The molecule has 9 heteroatoms. The van der Waals surface area contributed by atoms with Crippen LogP contribution in [0, 0.1) is 11.3 Å². The molecule has 0 N–H and O–H groups in total. The highest BCUT2D eigenvalue weighted by Gasteiger charge is 2.42. The van der Waals surface area contributed by atoms with E-state index in [0.29, 0.717) is 35.5 Å². The van der Waals surface area contributed by atoms with Crippen molar-refractivity contribution < 1.29 is 18.0 Å². The first kappa shape index (κ1) is 22.9. The molecule has 1 atom stereocenters. The molecular formula is C26H18ClF3N4O. The highest BCUT2D eigenvalue weighted by atomic mass is 35.5. The molecule has 1 unspecified atom stereocenters. The number of hydrogen-bond donors (Lipinski definition) is 0. The molecule has 5 rings (SSSR count). The van der Waals surface area contributed by atoms with Crippen molar-refractivity contribution in [2.24, 2.45) is 0 Å². The number of benzene rings is 1. The Morgan fingerprint density at radius 3 is 2.54 bits per heavy atom. The van der Waals surface area contributed by atoms with Gasteiger partial charge in [0.25, 0.3) is 0 Å². The molecule has 0 fully saturated rings. The second kappa shape index (κ2) is 8.75. The minimum absolute atomic E-state index is 0.0600. The predicted molar refractivity (Wildman–Crippen MR) is 125 cm³/mol. The molecule has 2 aromatic heterocycles. The van der Waals surface area contributed by atoms with E-state index < -0.39 is 17.7 Å². The lowest BCUT2D eigenvalue weighted by Crippen LogP contribution is -2.37. The molecule has 0 spiro atoms. The first-order valence-electron chi connectivity index (χ1n) is 10.9. The third-order valence-electron chi connectivity index (χ3n) is 6.23. The monoisotopic (exact) mass is 494 g/mol. The lowest BCUT2D eigenvalue weighted by atomic mass is 9.76. The Morgan fingerprint density at radius 2 is 1.89 bits per heavy atom. The van der Waals surface area contributed by atoms with Crippen molar-refractivity contribution in [1.82, 2.24) is 9.55 Å². The second-order valence-corrected chi connectivity index (χ2v) is 8.70. The lowest BCUT2D eigenvalue weighted by Gasteiger charge is -2.41. The molecule has 35 heavy (non-hydrogen) atoms. The van der Waals surface area contributed by atoms with Gasteiger partial charge < -0.3 is 4.57 Å². The number of anilines is 1. The van der Waals surface area contributed by atoms with Gasteiger partial charge in [-0.05, 0) is 54.8 Å². The van der Waals surface area contributed by atoms with Gasteiger partial charge in [-0.25, -0.2) is 0 Å². The van der Waals surface area contributed by atoms with Crippen LogP contribution in [0.5, 0.6) is 0 Å². The van der Waals surface area contributed by atoms with Crippen LogP contribution in [0.25, 0.3) is 5.82 Å². The molecule has 0 bridgehead atoms. The summed E-state index contributed by atoms with van der Waals surface area (Å²) in [6.07, 6.45) is 3.28. The molecular weight excluding hydrogens is 477 g/mol. The average molecular weight is 495 g/mol. The van der Waals surface area contributed by atoms with Crippen LogP contribution in [0.15, 0.2) is 84.1 Å². The molecule has 1 aromatic carbocycles. The number of alkyl halides is 3. The number of halogens is 4. The summed E-state index contributed by atoms with van der Waals surface area (Å²) in [6, 6.07) is 12.3. The van der Waals surface area contributed by atoms with Crippen LogP contribution in [0.4, 0.5) is 18.9 Å². The van der Waals surface area contributed by atoms with Gasteiger partial charge in [0, 0.05) is 42.5 Å². The molecule has 0 radical (unpaired) electrons. The summed E-state index contributed by atoms with van der Waals surface area (Å²) in [5.74, 6) is -0.511. The second-order valence-electron chi connectivity index (χ2n) is 8.30. The summed E-state index contributed by atoms with van der Waals surface area (Å²) in [4.78, 5) is 19.0. The molecule has 3 aromatic rings. The fourth-order valence-electron chi connectivity index (χ4n) is 4.77. The Hall–Kier alpha value is -3.83. The molecule has 0 saturated heterocycles. The Kier molecular flexibility index (Phi) is 5.73. The number of carbonyl (C=O) groups is 1. The van der Waals surface area contributed by atoms with Crippen molar-refractivity contribution in [3.05, 3.63) is 100 Å². The molecule has 1 aliphatic carbocycles. The van der Waals surface area contributed by atoms with Crippen LogP contribution in [0.2, 0.25) is 5.02 Å². The lowest BCUT2D eigenvalue weighted by molar-refractivity contribution is -0.137. The Balaban J connectivity index is 1.86. The number of carbonyl (C=O) groups excluding carboxylic acids is 1. The summed E-state index contributed by atoms with van der Waals surface area (Å²) in [7, 11) is 0. The van der Waals surface area contributed by atoms with Gasteiger partial charge in [-0.2, -0.15) is 18.4 Å². The van der Waals surface area contributed by atoms with E-state index in [-0.39, 0.29) is 28.5 Å². The van der Waals surface area contributed by atoms with Gasteiger partial charge in [0.05, 0.1) is 33.8 Å². The van der Waals surface area contributed by atoms with Crippen LogP contribution in [0.3, 0.4) is 0 Å². The van der Waals surface area contributed by atoms with Crippen LogP contribution in [0.1, 0.15) is 36.3 Å². The summed E-state index contributed by atoms with van der Waals surface area (Å²) in [5, 5.41) is 10.4. The van der Waals surface area contributed by atoms with Gasteiger partial charge >= 0.3 is 6.18 Å². The molecule has 5 nitrogen and oxygen atoms in total. The molecule has 176 valence electrons. The molecule has 1 aliphatic heterocycles. The highest BCUT2D eigenvalue weighted by Crippen LogP contribution is 2.50. The standard InChI is InChI=1S/C26H18ClF3N4O/c27-19-9-8-17(26(28,29)30)13-21(19)34-20-6-3-7-22(35)24(20)23(16-5-4-10-32-15-16)18(14-31)25(34)33-11-1-2-12-33/h1-2,4-5,8-13,15,23H,3,6-7H2. The smallest absolute Gasteiger partial charge is 0.309 e. The average Bonchev–Trinajstić information content (AvgIpc) is 3.38. The minimum Gasteiger partial charge on any atom is -0.309 e. The van der Waals surface area contributed by atoms with Crippen molar-refractivity contribution in [2.75, 3.05) is 4.90 Å².